The zero-order chi connectivity index (χ0) is 13.1. The molecule has 0 saturated carbocycles. The lowest BCUT2D eigenvalue weighted by Gasteiger charge is -2.25. The largest absolute Gasteiger partial charge is 0.333 e. The van der Waals surface area contributed by atoms with E-state index in [0.717, 1.165) is 18.7 Å². The third-order valence-corrected chi connectivity index (χ3v) is 3.29. The van der Waals surface area contributed by atoms with E-state index < -0.39 is 0 Å². The summed E-state index contributed by atoms with van der Waals surface area (Å²) in [5.74, 6) is 0.0830. The molecule has 1 amide bonds. The first-order chi connectivity index (χ1) is 8.63. The molecular formula is C15H20N2O. The summed E-state index contributed by atoms with van der Waals surface area (Å²) in [4.78, 5) is 14.3. The van der Waals surface area contributed by atoms with Crippen LogP contribution >= 0.6 is 0 Å². The van der Waals surface area contributed by atoms with Crippen LogP contribution in [0.1, 0.15) is 35.3 Å². The topological polar surface area (TPSA) is 32.3 Å². The third kappa shape index (κ3) is 2.46. The summed E-state index contributed by atoms with van der Waals surface area (Å²) in [5, 5.41) is 3.29. The van der Waals surface area contributed by atoms with Crippen LogP contribution in [-0.2, 0) is 13.1 Å². The predicted molar refractivity (Wildman–Crippen MR) is 73.4 cm³/mol. The van der Waals surface area contributed by atoms with Crippen LogP contribution in [-0.4, -0.2) is 23.4 Å². The van der Waals surface area contributed by atoms with E-state index in [1.807, 2.05) is 30.9 Å². The first kappa shape index (κ1) is 12.8. The van der Waals surface area contributed by atoms with Gasteiger partial charge in [0.1, 0.15) is 0 Å². The monoisotopic (exact) mass is 244 g/mol. The van der Waals surface area contributed by atoms with Crippen molar-refractivity contribution in [2.24, 2.45) is 0 Å². The van der Waals surface area contributed by atoms with Gasteiger partial charge >= 0.3 is 0 Å². The molecule has 1 aliphatic rings. The summed E-state index contributed by atoms with van der Waals surface area (Å²) in [6, 6.07) is 6.17. The van der Waals surface area contributed by atoms with E-state index in [1.165, 1.54) is 11.1 Å². The van der Waals surface area contributed by atoms with E-state index in [0.29, 0.717) is 6.54 Å². The number of hydrogen-bond donors (Lipinski definition) is 1. The fourth-order valence-electron chi connectivity index (χ4n) is 2.26. The van der Waals surface area contributed by atoms with E-state index in [1.54, 1.807) is 6.08 Å². The second-order valence-corrected chi connectivity index (χ2v) is 4.93. The summed E-state index contributed by atoms with van der Waals surface area (Å²) in [6.07, 6.45) is 1.77. The van der Waals surface area contributed by atoms with Crippen LogP contribution in [0.15, 0.2) is 30.9 Å². The molecule has 3 heteroatoms. The summed E-state index contributed by atoms with van der Waals surface area (Å²) in [7, 11) is 0. The van der Waals surface area contributed by atoms with Gasteiger partial charge in [-0.3, -0.25) is 4.79 Å². The Balaban J connectivity index is 2.24. The highest BCUT2D eigenvalue weighted by molar-refractivity contribution is 5.94. The Morgan fingerprint density at radius 2 is 2.17 bits per heavy atom. The van der Waals surface area contributed by atoms with Gasteiger partial charge in [0.15, 0.2) is 0 Å². The molecule has 0 aliphatic carbocycles. The lowest BCUT2D eigenvalue weighted by molar-refractivity contribution is 0.0728. The van der Waals surface area contributed by atoms with Gasteiger partial charge in [0, 0.05) is 31.2 Å². The fraction of sp³-hybridized carbons (Fsp3) is 0.400. The van der Waals surface area contributed by atoms with E-state index in [4.69, 9.17) is 0 Å². The quantitative estimate of drug-likeness (QED) is 0.824. The number of fused-ring (bicyclic) bond motifs is 1. The molecule has 2 rings (SSSR count). The van der Waals surface area contributed by atoms with Gasteiger partial charge in [-0.25, -0.2) is 0 Å². The molecular weight excluding hydrogens is 224 g/mol. The maximum absolute atomic E-state index is 12.4. The first-order valence-electron chi connectivity index (χ1n) is 6.38. The van der Waals surface area contributed by atoms with Gasteiger partial charge in [0.05, 0.1) is 0 Å². The zero-order valence-electron chi connectivity index (χ0n) is 11.1. The SMILES string of the molecule is C=CCN(C(=O)c1ccc2c(c1)CNC2)C(C)C. The molecule has 1 heterocycles. The van der Waals surface area contributed by atoms with Crippen molar-refractivity contribution < 1.29 is 4.79 Å². The molecule has 0 radical (unpaired) electrons. The summed E-state index contributed by atoms with van der Waals surface area (Å²) < 4.78 is 0. The van der Waals surface area contributed by atoms with Crippen molar-refractivity contribution in [1.29, 1.82) is 0 Å². The van der Waals surface area contributed by atoms with E-state index in [2.05, 4.69) is 18.0 Å². The van der Waals surface area contributed by atoms with Crippen LogP contribution in [0.3, 0.4) is 0 Å². The normalized spacial score (nSPS) is 13.5. The summed E-state index contributed by atoms with van der Waals surface area (Å²) >= 11 is 0. The smallest absolute Gasteiger partial charge is 0.254 e. The highest BCUT2D eigenvalue weighted by atomic mass is 16.2. The Kier molecular flexibility index (Phi) is 3.82. The molecule has 3 nitrogen and oxygen atoms in total. The maximum Gasteiger partial charge on any atom is 0.254 e. The zero-order valence-corrected chi connectivity index (χ0v) is 11.1. The standard InChI is InChI=1S/C15H20N2O/c1-4-7-17(11(2)3)15(18)12-5-6-13-9-16-10-14(13)8-12/h4-6,8,11,16H,1,7,9-10H2,2-3H3. The van der Waals surface area contributed by atoms with E-state index in [9.17, 15) is 4.79 Å². The number of nitrogens with zero attached hydrogens (tertiary/aromatic N) is 1. The van der Waals surface area contributed by atoms with Crippen molar-refractivity contribution in [3.8, 4) is 0 Å². The molecule has 1 aliphatic heterocycles. The Bertz CT molecular complexity index is 466. The van der Waals surface area contributed by atoms with Gasteiger partial charge in [-0.2, -0.15) is 0 Å². The van der Waals surface area contributed by atoms with E-state index >= 15 is 0 Å². The van der Waals surface area contributed by atoms with Gasteiger partial charge in [0.2, 0.25) is 0 Å². The number of carbonyl (C=O) groups is 1. The Morgan fingerprint density at radius 1 is 1.44 bits per heavy atom. The fourth-order valence-corrected chi connectivity index (χ4v) is 2.26. The minimum Gasteiger partial charge on any atom is -0.333 e. The van der Waals surface area contributed by atoms with Crippen LogP contribution in [0.4, 0.5) is 0 Å². The minimum atomic E-state index is 0.0830. The van der Waals surface area contributed by atoms with Gasteiger partial charge < -0.3 is 10.2 Å². The number of benzene rings is 1. The molecule has 0 fully saturated rings. The van der Waals surface area contributed by atoms with Crippen LogP contribution in [0.5, 0.6) is 0 Å². The summed E-state index contributed by atoms with van der Waals surface area (Å²) in [6.45, 7) is 10.1. The van der Waals surface area contributed by atoms with Gasteiger partial charge in [-0.1, -0.05) is 12.1 Å². The van der Waals surface area contributed by atoms with Crippen LogP contribution in [0.2, 0.25) is 0 Å². The average molecular weight is 244 g/mol. The first-order valence-corrected chi connectivity index (χ1v) is 6.38. The van der Waals surface area contributed by atoms with Gasteiger partial charge in [0.25, 0.3) is 5.91 Å². The highest BCUT2D eigenvalue weighted by Gasteiger charge is 2.19. The number of carbonyl (C=O) groups excluding carboxylic acids is 1. The highest BCUT2D eigenvalue weighted by Crippen LogP contribution is 2.18. The molecule has 18 heavy (non-hydrogen) atoms. The van der Waals surface area contributed by atoms with Crippen molar-refractivity contribution in [2.45, 2.75) is 33.0 Å². The molecule has 1 aromatic carbocycles. The van der Waals surface area contributed by atoms with Crippen molar-refractivity contribution in [1.82, 2.24) is 10.2 Å². The van der Waals surface area contributed by atoms with Crippen molar-refractivity contribution in [2.75, 3.05) is 6.54 Å². The Hall–Kier alpha value is -1.61. The number of nitrogens with one attached hydrogen (secondary N) is 1. The molecule has 0 unspecified atom stereocenters. The predicted octanol–water partition coefficient (Wildman–Crippen LogP) is 2.33. The molecule has 1 aromatic rings. The van der Waals surface area contributed by atoms with Crippen LogP contribution in [0.25, 0.3) is 0 Å². The van der Waals surface area contributed by atoms with Crippen molar-refractivity contribution in [3.63, 3.8) is 0 Å². The number of amides is 1. The minimum absolute atomic E-state index is 0.0830. The van der Waals surface area contributed by atoms with Crippen LogP contribution < -0.4 is 5.32 Å². The molecule has 1 N–H and O–H groups in total. The number of rotatable bonds is 4. The molecule has 96 valence electrons. The maximum atomic E-state index is 12.4. The molecule has 0 saturated heterocycles. The average Bonchev–Trinajstić information content (AvgIpc) is 2.81. The third-order valence-electron chi connectivity index (χ3n) is 3.29. The van der Waals surface area contributed by atoms with Gasteiger partial charge in [-0.15, -0.1) is 6.58 Å². The molecule has 0 aromatic heterocycles. The van der Waals surface area contributed by atoms with Crippen LogP contribution in [0, 0.1) is 0 Å². The second kappa shape index (κ2) is 5.36. The van der Waals surface area contributed by atoms with E-state index in [-0.39, 0.29) is 11.9 Å². The lowest BCUT2D eigenvalue weighted by Crippen LogP contribution is -2.37. The number of hydrogen-bond acceptors (Lipinski definition) is 2. The molecule has 0 atom stereocenters. The lowest BCUT2D eigenvalue weighted by atomic mass is 10.1. The van der Waals surface area contributed by atoms with Gasteiger partial charge in [-0.05, 0) is 37.1 Å². The van der Waals surface area contributed by atoms with Crippen molar-refractivity contribution >= 4 is 5.91 Å². The molecule has 0 bridgehead atoms. The summed E-state index contributed by atoms with van der Waals surface area (Å²) in [5.41, 5.74) is 3.31. The Morgan fingerprint density at radius 3 is 2.83 bits per heavy atom. The Labute approximate surface area is 108 Å². The van der Waals surface area contributed by atoms with Crippen molar-refractivity contribution in [3.05, 3.63) is 47.5 Å². The molecule has 0 spiro atoms. The second-order valence-electron chi connectivity index (χ2n) is 4.93.